The van der Waals surface area contributed by atoms with E-state index < -0.39 is 0 Å². The molecule has 0 unspecified atom stereocenters. The van der Waals surface area contributed by atoms with Crippen molar-refractivity contribution in [1.82, 2.24) is 0 Å². The second-order valence-electron chi connectivity index (χ2n) is 5.65. The van der Waals surface area contributed by atoms with E-state index in [0.29, 0.717) is 0 Å². The van der Waals surface area contributed by atoms with Crippen LogP contribution in [0.3, 0.4) is 0 Å². The molecule has 3 aromatic carbocycles. The average molecular weight is 331 g/mol. The molecule has 0 radical (unpaired) electrons. The van der Waals surface area contributed by atoms with Gasteiger partial charge in [0.2, 0.25) is 0 Å². The third kappa shape index (κ3) is 4.48. The Morgan fingerprint density at radius 2 is 1.28 bits per heavy atom. The van der Waals surface area contributed by atoms with Crippen LogP contribution in [0.1, 0.15) is 11.1 Å². The zero-order valence-corrected chi connectivity index (χ0v) is 14.5. The Morgan fingerprint density at radius 3 is 1.84 bits per heavy atom. The maximum Gasteiger partial charge on any atom is 0.119 e. The van der Waals surface area contributed by atoms with Crippen LogP contribution < -0.4 is 9.47 Å². The van der Waals surface area contributed by atoms with Gasteiger partial charge in [0.25, 0.3) is 0 Å². The highest BCUT2D eigenvalue weighted by Gasteiger charge is 2.07. The minimum absolute atomic E-state index is 0.763. The lowest BCUT2D eigenvalue weighted by Gasteiger charge is -2.09. The minimum atomic E-state index is 0.763. The lowest BCUT2D eigenvalue weighted by Crippen LogP contribution is -2.05. The van der Waals surface area contributed by atoms with Gasteiger partial charge in [0, 0.05) is 6.42 Å². The predicted molar refractivity (Wildman–Crippen MR) is 102 cm³/mol. The van der Waals surface area contributed by atoms with E-state index >= 15 is 0 Å². The van der Waals surface area contributed by atoms with Crippen LogP contribution in [-0.2, 0) is 6.42 Å². The fraction of sp³-hybridized carbons (Fsp3) is 0.136. The highest BCUT2D eigenvalue weighted by atomic mass is 16.5. The van der Waals surface area contributed by atoms with Crippen molar-refractivity contribution in [2.75, 3.05) is 14.2 Å². The van der Waals surface area contributed by atoms with Gasteiger partial charge in [-0.05, 0) is 59.7 Å². The number of aliphatic imine (C=N–C) groups is 1. The molecule has 0 aliphatic heterocycles. The maximum absolute atomic E-state index is 5.26. The number of rotatable bonds is 6. The number of hydrogen-bond acceptors (Lipinski definition) is 3. The van der Waals surface area contributed by atoms with E-state index in [2.05, 4.69) is 12.1 Å². The van der Waals surface area contributed by atoms with Crippen molar-refractivity contribution < 1.29 is 9.47 Å². The van der Waals surface area contributed by atoms with E-state index in [9.17, 15) is 0 Å². The molecule has 0 fully saturated rings. The number of ether oxygens (including phenoxy) is 2. The van der Waals surface area contributed by atoms with Gasteiger partial charge in [-0.25, -0.2) is 0 Å². The van der Waals surface area contributed by atoms with Crippen LogP contribution in [0.5, 0.6) is 11.5 Å². The van der Waals surface area contributed by atoms with Crippen LogP contribution in [-0.4, -0.2) is 19.9 Å². The first-order valence-electron chi connectivity index (χ1n) is 8.18. The van der Waals surface area contributed by atoms with Crippen molar-refractivity contribution >= 4 is 11.4 Å². The lowest BCUT2D eigenvalue weighted by molar-refractivity contribution is 0.414. The van der Waals surface area contributed by atoms with Gasteiger partial charge in [-0.2, -0.15) is 0 Å². The number of hydrogen-bond donors (Lipinski definition) is 0. The fourth-order valence-corrected chi connectivity index (χ4v) is 2.59. The van der Waals surface area contributed by atoms with E-state index in [1.807, 2.05) is 66.7 Å². The molecular weight excluding hydrogens is 310 g/mol. The van der Waals surface area contributed by atoms with Gasteiger partial charge in [-0.15, -0.1) is 0 Å². The molecule has 0 amide bonds. The Kier molecular flexibility index (Phi) is 5.47. The first-order valence-corrected chi connectivity index (χ1v) is 8.18. The van der Waals surface area contributed by atoms with Gasteiger partial charge in [0.15, 0.2) is 0 Å². The molecule has 3 heteroatoms. The van der Waals surface area contributed by atoms with Crippen molar-refractivity contribution in [3.63, 3.8) is 0 Å². The van der Waals surface area contributed by atoms with Gasteiger partial charge in [0.1, 0.15) is 11.5 Å². The smallest absolute Gasteiger partial charge is 0.119 e. The Morgan fingerprint density at radius 1 is 0.720 bits per heavy atom. The van der Waals surface area contributed by atoms with Gasteiger partial charge in [0.05, 0.1) is 25.6 Å². The predicted octanol–water partition coefficient (Wildman–Crippen LogP) is 5.07. The summed E-state index contributed by atoms with van der Waals surface area (Å²) in [4.78, 5) is 4.88. The molecule has 0 aliphatic rings. The normalized spacial score (nSPS) is 11.2. The number of methoxy groups -OCH3 is 2. The fourth-order valence-electron chi connectivity index (χ4n) is 2.59. The van der Waals surface area contributed by atoms with E-state index in [-0.39, 0.29) is 0 Å². The average Bonchev–Trinajstić information content (AvgIpc) is 2.69. The van der Waals surface area contributed by atoms with Gasteiger partial charge < -0.3 is 9.47 Å². The van der Waals surface area contributed by atoms with Crippen molar-refractivity contribution in [3.8, 4) is 11.5 Å². The number of benzene rings is 3. The lowest BCUT2D eigenvalue weighted by atomic mass is 10.0. The summed E-state index contributed by atoms with van der Waals surface area (Å²) in [5, 5.41) is 0. The second-order valence-corrected chi connectivity index (χ2v) is 5.65. The standard InChI is InChI=1S/C22H21NO2/c1-24-20-12-8-18(9-13-20)22(16-17-6-4-3-5-7-17)23-19-10-14-21(25-2)15-11-19/h3-15H,16H2,1-2H3/b23-22-. The number of nitrogens with zero attached hydrogens (tertiary/aromatic N) is 1. The SMILES string of the molecule is COc1ccc(/N=C(/Cc2ccccc2)c2ccc(OC)cc2)cc1. The van der Waals surface area contributed by atoms with Crippen molar-refractivity contribution in [2.45, 2.75) is 6.42 Å². The minimum Gasteiger partial charge on any atom is -0.497 e. The molecule has 126 valence electrons. The Balaban J connectivity index is 1.95. The maximum atomic E-state index is 5.26. The van der Waals surface area contributed by atoms with Crippen LogP contribution >= 0.6 is 0 Å². The zero-order valence-electron chi connectivity index (χ0n) is 14.5. The van der Waals surface area contributed by atoms with Crippen molar-refractivity contribution in [1.29, 1.82) is 0 Å². The summed E-state index contributed by atoms with van der Waals surface area (Å²) in [7, 11) is 3.34. The van der Waals surface area contributed by atoms with Crippen LogP contribution in [0.15, 0.2) is 83.9 Å². The topological polar surface area (TPSA) is 30.8 Å². The molecule has 3 nitrogen and oxygen atoms in total. The van der Waals surface area contributed by atoms with E-state index in [4.69, 9.17) is 14.5 Å². The highest BCUT2D eigenvalue weighted by molar-refractivity contribution is 6.03. The van der Waals surface area contributed by atoms with Gasteiger partial charge >= 0.3 is 0 Å². The molecular formula is C22H21NO2. The van der Waals surface area contributed by atoms with E-state index in [0.717, 1.165) is 34.9 Å². The molecule has 0 saturated heterocycles. The van der Waals surface area contributed by atoms with Crippen LogP contribution in [0.2, 0.25) is 0 Å². The highest BCUT2D eigenvalue weighted by Crippen LogP contribution is 2.21. The molecule has 3 rings (SSSR count). The van der Waals surface area contributed by atoms with Crippen LogP contribution in [0.4, 0.5) is 5.69 Å². The summed E-state index contributed by atoms with van der Waals surface area (Å²) >= 11 is 0. The summed E-state index contributed by atoms with van der Waals surface area (Å²) in [6.07, 6.45) is 0.763. The molecule has 0 aliphatic carbocycles. The van der Waals surface area contributed by atoms with Crippen LogP contribution in [0, 0.1) is 0 Å². The zero-order chi connectivity index (χ0) is 17.5. The summed E-state index contributed by atoms with van der Waals surface area (Å²) < 4.78 is 10.5. The van der Waals surface area contributed by atoms with Crippen LogP contribution in [0.25, 0.3) is 0 Å². The second kappa shape index (κ2) is 8.15. The van der Waals surface area contributed by atoms with E-state index in [1.165, 1.54) is 5.56 Å². The first kappa shape index (κ1) is 16.8. The quantitative estimate of drug-likeness (QED) is 0.591. The third-order valence-electron chi connectivity index (χ3n) is 3.97. The summed E-state index contributed by atoms with van der Waals surface area (Å²) in [6, 6.07) is 26.2. The molecule has 0 bridgehead atoms. The molecule has 0 spiro atoms. The molecule has 0 saturated carbocycles. The Bertz CT molecular complexity index is 822. The molecule has 0 aromatic heterocycles. The molecule has 0 atom stereocenters. The van der Waals surface area contributed by atoms with Gasteiger partial charge in [-0.1, -0.05) is 30.3 Å². The summed E-state index contributed by atoms with van der Waals surface area (Å²) in [5.74, 6) is 1.67. The van der Waals surface area contributed by atoms with Crippen molar-refractivity contribution in [3.05, 3.63) is 90.0 Å². The first-order chi connectivity index (χ1) is 12.3. The molecule has 25 heavy (non-hydrogen) atoms. The van der Waals surface area contributed by atoms with Gasteiger partial charge in [-0.3, -0.25) is 4.99 Å². The molecule has 0 N–H and O–H groups in total. The summed E-state index contributed by atoms with van der Waals surface area (Å²) in [6.45, 7) is 0. The monoisotopic (exact) mass is 331 g/mol. The Hall–Kier alpha value is -3.07. The Labute approximate surface area is 148 Å². The summed E-state index contributed by atoms with van der Waals surface area (Å²) in [5.41, 5.74) is 4.23. The largest absolute Gasteiger partial charge is 0.497 e. The third-order valence-corrected chi connectivity index (χ3v) is 3.97. The molecule has 3 aromatic rings. The molecule has 0 heterocycles. The van der Waals surface area contributed by atoms with E-state index in [1.54, 1.807) is 14.2 Å². The van der Waals surface area contributed by atoms with Crippen molar-refractivity contribution in [2.24, 2.45) is 4.99 Å².